The number of thioether (sulfide) groups is 1. The van der Waals surface area contributed by atoms with Gasteiger partial charge in [0.2, 0.25) is 5.91 Å². The summed E-state index contributed by atoms with van der Waals surface area (Å²) in [6, 6.07) is 19.6. The lowest BCUT2D eigenvalue weighted by atomic mass is 10.0. The lowest BCUT2D eigenvalue weighted by molar-refractivity contribution is -0.135. The molecule has 2 saturated heterocycles. The zero-order valence-corrected chi connectivity index (χ0v) is 22.7. The number of hydrogen-bond acceptors (Lipinski definition) is 5. The standard InChI is InChI=1S/C29H27BrN2O4S/c30-22-12-9-20(10-13-22)19-36-25-14-11-21-7-3-4-8-23(21)24(25)17-26-28(34)32(29(35)37-26)18-27(33)31-15-5-1-2-6-16-31/h3-4,7-14,17H,1-2,5-6,15-16,18-19H2. The Hall–Kier alpha value is -3.10. The number of hydrogen-bond donors (Lipinski definition) is 0. The second-order valence-corrected chi connectivity index (χ2v) is 11.1. The maximum Gasteiger partial charge on any atom is 0.294 e. The van der Waals surface area contributed by atoms with E-state index in [1.54, 1.807) is 11.0 Å². The van der Waals surface area contributed by atoms with Gasteiger partial charge in [-0.2, -0.15) is 0 Å². The molecule has 3 amide bonds. The number of carbonyl (C=O) groups is 3. The Morgan fingerprint density at radius 3 is 2.43 bits per heavy atom. The first kappa shape index (κ1) is 25.5. The molecule has 0 atom stereocenters. The van der Waals surface area contributed by atoms with Crippen LogP contribution in [-0.2, 0) is 16.2 Å². The Balaban J connectivity index is 1.40. The molecule has 3 aromatic rings. The molecule has 0 unspecified atom stereocenters. The van der Waals surface area contributed by atoms with Gasteiger partial charge in [0, 0.05) is 23.1 Å². The topological polar surface area (TPSA) is 66.9 Å². The van der Waals surface area contributed by atoms with Gasteiger partial charge in [-0.3, -0.25) is 19.3 Å². The molecule has 6 nitrogen and oxygen atoms in total. The van der Waals surface area contributed by atoms with Gasteiger partial charge in [0.05, 0.1) is 4.91 Å². The molecule has 2 aliphatic heterocycles. The number of fused-ring (bicyclic) bond motifs is 1. The third-order valence-electron chi connectivity index (χ3n) is 6.64. The van der Waals surface area contributed by atoms with E-state index in [1.807, 2.05) is 60.7 Å². The van der Waals surface area contributed by atoms with Gasteiger partial charge in [0.25, 0.3) is 11.1 Å². The molecule has 5 rings (SSSR count). The molecule has 190 valence electrons. The number of imide groups is 1. The highest BCUT2D eigenvalue weighted by atomic mass is 79.9. The zero-order valence-electron chi connectivity index (χ0n) is 20.3. The van der Waals surface area contributed by atoms with E-state index in [0.717, 1.165) is 68.7 Å². The van der Waals surface area contributed by atoms with Crippen molar-refractivity contribution in [3.63, 3.8) is 0 Å². The van der Waals surface area contributed by atoms with E-state index in [-0.39, 0.29) is 12.5 Å². The fraction of sp³-hybridized carbons (Fsp3) is 0.276. The largest absolute Gasteiger partial charge is 0.488 e. The molecule has 0 N–H and O–H groups in total. The molecule has 0 radical (unpaired) electrons. The Labute approximate surface area is 228 Å². The van der Waals surface area contributed by atoms with Crippen LogP contribution in [0.5, 0.6) is 5.75 Å². The highest BCUT2D eigenvalue weighted by Crippen LogP contribution is 2.37. The molecule has 3 aromatic carbocycles. The van der Waals surface area contributed by atoms with Crippen molar-refractivity contribution in [3.05, 3.63) is 81.2 Å². The van der Waals surface area contributed by atoms with Gasteiger partial charge in [0.1, 0.15) is 18.9 Å². The highest BCUT2D eigenvalue weighted by molar-refractivity contribution is 9.10. The second kappa shape index (κ2) is 11.5. The minimum atomic E-state index is -0.440. The van der Waals surface area contributed by atoms with Crippen LogP contribution in [0, 0.1) is 0 Å². The monoisotopic (exact) mass is 578 g/mol. The maximum atomic E-state index is 13.3. The van der Waals surface area contributed by atoms with Gasteiger partial charge in [-0.15, -0.1) is 0 Å². The lowest BCUT2D eigenvalue weighted by Crippen LogP contribution is -2.42. The fourth-order valence-electron chi connectivity index (χ4n) is 4.61. The second-order valence-electron chi connectivity index (χ2n) is 9.18. The summed E-state index contributed by atoms with van der Waals surface area (Å²) in [6.45, 7) is 1.50. The summed E-state index contributed by atoms with van der Waals surface area (Å²) in [4.78, 5) is 42.0. The normalized spacial score (nSPS) is 17.5. The molecule has 37 heavy (non-hydrogen) atoms. The van der Waals surface area contributed by atoms with Gasteiger partial charge in [-0.1, -0.05) is 71.2 Å². The van der Waals surface area contributed by atoms with E-state index in [1.165, 1.54) is 0 Å². The first-order chi connectivity index (χ1) is 18.0. The van der Waals surface area contributed by atoms with Crippen LogP contribution >= 0.6 is 27.7 Å². The molecule has 2 fully saturated rings. The van der Waals surface area contributed by atoms with Crippen molar-refractivity contribution in [1.29, 1.82) is 0 Å². The van der Waals surface area contributed by atoms with Gasteiger partial charge in [-0.25, -0.2) is 0 Å². The van der Waals surface area contributed by atoms with Crippen molar-refractivity contribution >= 4 is 61.6 Å². The molecule has 0 bridgehead atoms. The van der Waals surface area contributed by atoms with Gasteiger partial charge in [0.15, 0.2) is 0 Å². The minimum Gasteiger partial charge on any atom is -0.488 e. The van der Waals surface area contributed by atoms with E-state index >= 15 is 0 Å². The quantitative estimate of drug-likeness (QED) is 0.307. The first-order valence-electron chi connectivity index (χ1n) is 12.4. The molecule has 0 spiro atoms. The lowest BCUT2D eigenvalue weighted by Gasteiger charge is -2.22. The van der Waals surface area contributed by atoms with Crippen molar-refractivity contribution in [1.82, 2.24) is 9.80 Å². The number of likely N-dealkylation sites (tertiary alicyclic amines) is 1. The van der Waals surface area contributed by atoms with E-state index in [4.69, 9.17) is 4.74 Å². The molecule has 2 heterocycles. The summed E-state index contributed by atoms with van der Waals surface area (Å²) < 4.78 is 7.18. The summed E-state index contributed by atoms with van der Waals surface area (Å²) in [6.07, 6.45) is 5.84. The van der Waals surface area contributed by atoms with Crippen LogP contribution in [0.2, 0.25) is 0 Å². The Kier molecular flexibility index (Phi) is 7.96. The van der Waals surface area contributed by atoms with Gasteiger partial charge >= 0.3 is 0 Å². The number of ether oxygens (including phenoxy) is 1. The number of benzene rings is 3. The fourth-order valence-corrected chi connectivity index (χ4v) is 5.70. The summed E-state index contributed by atoms with van der Waals surface area (Å²) in [5.41, 5.74) is 1.74. The number of nitrogens with zero attached hydrogens (tertiary/aromatic N) is 2. The first-order valence-corrected chi connectivity index (χ1v) is 14.0. The van der Waals surface area contributed by atoms with Crippen molar-refractivity contribution < 1.29 is 19.1 Å². The van der Waals surface area contributed by atoms with Crippen LogP contribution < -0.4 is 4.74 Å². The van der Waals surface area contributed by atoms with Crippen molar-refractivity contribution in [2.75, 3.05) is 19.6 Å². The summed E-state index contributed by atoms with van der Waals surface area (Å²) in [5, 5.41) is 1.50. The summed E-state index contributed by atoms with van der Waals surface area (Å²) in [5.74, 6) is 0.00755. The number of halogens is 1. The van der Waals surface area contributed by atoms with E-state index < -0.39 is 11.1 Å². The Bertz CT molecular complexity index is 1360. The predicted molar refractivity (Wildman–Crippen MR) is 150 cm³/mol. The van der Waals surface area contributed by atoms with E-state index in [9.17, 15) is 14.4 Å². The third kappa shape index (κ3) is 5.91. The van der Waals surface area contributed by atoms with Crippen LogP contribution in [0.3, 0.4) is 0 Å². The van der Waals surface area contributed by atoms with Crippen LogP contribution in [0.1, 0.15) is 36.8 Å². The molecule has 8 heteroatoms. The third-order valence-corrected chi connectivity index (χ3v) is 8.08. The van der Waals surface area contributed by atoms with Crippen LogP contribution in [0.15, 0.2) is 70.0 Å². The molecular weight excluding hydrogens is 552 g/mol. The van der Waals surface area contributed by atoms with Crippen LogP contribution in [-0.4, -0.2) is 46.5 Å². The van der Waals surface area contributed by atoms with E-state index in [2.05, 4.69) is 15.9 Å². The van der Waals surface area contributed by atoms with Crippen molar-refractivity contribution in [3.8, 4) is 5.75 Å². The molecule has 2 aliphatic rings. The van der Waals surface area contributed by atoms with Gasteiger partial charge in [-0.05, 0) is 65.2 Å². The van der Waals surface area contributed by atoms with Gasteiger partial charge < -0.3 is 9.64 Å². The predicted octanol–water partition coefficient (Wildman–Crippen LogP) is 6.62. The summed E-state index contributed by atoms with van der Waals surface area (Å²) in [7, 11) is 0. The smallest absolute Gasteiger partial charge is 0.294 e. The van der Waals surface area contributed by atoms with Crippen molar-refractivity contribution in [2.45, 2.75) is 32.3 Å². The number of amides is 3. The SMILES string of the molecule is O=C(CN1C(=O)SC(=Cc2c(OCc3ccc(Br)cc3)ccc3ccccc23)C1=O)N1CCCCCC1. The molecular formula is C29H27BrN2O4S. The Morgan fingerprint density at radius 2 is 1.68 bits per heavy atom. The zero-order chi connectivity index (χ0) is 25.8. The van der Waals surface area contributed by atoms with E-state index in [0.29, 0.717) is 30.4 Å². The molecule has 0 saturated carbocycles. The van der Waals surface area contributed by atoms with Crippen LogP contribution in [0.4, 0.5) is 4.79 Å². The minimum absolute atomic E-state index is 0.172. The molecule has 0 aliphatic carbocycles. The maximum absolute atomic E-state index is 13.3. The summed E-state index contributed by atoms with van der Waals surface area (Å²) >= 11 is 4.32. The number of carbonyl (C=O) groups excluding carboxylic acids is 3. The average molecular weight is 580 g/mol. The number of rotatable bonds is 6. The van der Waals surface area contributed by atoms with Crippen LogP contribution in [0.25, 0.3) is 16.8 Å². The average Bonchev–Trinajstić information content (AvgIpc) is 3.09. The van der Waals surface area contributed by atoms with Crippen molar-refractivity contribution in [2.24, 2.45) is 0 Å². The Morgan fingerprint density at radius 1 is 0.946 bits per heavy atom. The highest BCUT2D eigenvalue weighted by Gasteiger charge is 2.37. The molecule has 0 aromatic heterocycles.